The number of imidazole rings is 2. The number of likely N-dealkylation sites (tertiary alicyclic amines) is 1. The number of aromatic nitrogens is 11. The zero-order valence-electron chi connectivity index (χ0n) is 61.1. The number of hydrogen-bond donors (Lipinski definition) is 15. The van der Waals surface area contributed by atoms with Crippen molar-refractivity contribution < 1.29 is 81.8 Å². The number of H-pyrrole nitrogens is 3. The number of nitrogens with zero attached hydrogens (tertiary/aromatic N) is 9. The van der Waals surface area contributed by atoms with E-state index < -0.39 is 132 Å². The van der Waals surface area contributed by atoms with Gasteiger partial charge in [-0.05, 0) is 83.6 Å². The molecule has 0 aliphatic carbocycles. The molecule has 109 heavy (non-hydrogen) atoms. The van der Waals surface area contributed by atoms with Crippen LogP contribution in [0, 0.1) is 5.92 Å². The van der Waals surface area contributed by atoms with E-state index in [1.54, 1.807) is 24.3 Å². The molecule has 1 fully saturated rings. The van der Waals surface area contributed by atoms with Crippen LogP contribution < -0.4 is 59.1 Å². The average Bonchev–Trinajstić information content (AvgIpc) is 0.942. The first-order valence-corrected chi connectivity index (χ1v) is 36.2. The summed E-state index contributed by atoms with van der Waals surface area (Å²) in [5.74, 6) is -9.01. The molecule has 6 aromatic rings. The van der Waals surface area contributed by atoms with Crippen LogP contribution in [0.15, 0.2) is 66.5 Å². The number of aliphatic hydroxyl groups is 2. The summed E-state index contributed by atoms with van der Waals surface area (Å²) >= 11 is 0. The van der Waals surface area contributed by atoms with Crippen molar-refractivity contribution in [3.8, 4) is 0 Å². The van der Waals surface area contributed by atoms with Gasteiger partial charge in [0.05, 0.1) is 115 Å². The fourth-order valence-corrected chi connectivity index (χ4v) is 11.8. The number of Topliss-reactive ketones (excluding diaryl/α,β-unsaturated/α-hetero) is 1. The molecule has 16 N–H and O–H groups in total. The summed E-state index contributed by atoms with van der Waals surface area (Å²) in [5, 5.41) is 54.7. The molecule has 0 unspecified atom stereocenters. The molecule has 2 aliphatic rings. The number of fused-ring (bicyclic) bond motifs is 3. The number of nitrogen functional groups attached to an aromatic ring is 1. The molecule has 7 heterocycles. The van der Waals surface area contributed by atoms with Gasteiger partial charge in [0.1, 0.15) is 42.3 Å². The highest BCUT2D eigenvalue weighted by Gasteiger charge is 2.39. The van der Waals surface area contributed by atoms with Crippen molar-refractivity contribution in [1.29, 1.82) is 0 Å². The first kappa shape index (κ1) is 83.9. The van der Waals surface area contributed by atoms with Crippen LogP contribution in [0.2, 0.25) is 0 Å². The number of aryl methyl sites for hydroxylation is 1. The Morgan fingerprint density at radius 3 is 2.05 bits per heavy atom. The van der Waals surface area contributed by atoms with Gasteiger partial charge in [0.25, 0.3) is 11.5 Å². The van der Waals surface area contributed by atoms with Crippen LogP contribution in [0.5, 0.6) is 0 Å². The number of hydrogen-bond acceptors (Lipinski definition) is 27. The van der Waals surface area contributed by atoms with Crippen LogP contribution in [0.25, 0.3) is 11.2 Å². The minimum Gasteiger partial charge on any atom is -0.394 e. The lowest BCUT2D eigenvalue weighted by Crippen LogP contribution is -2.59. The molecular formula is C69H98N22O18. The van der Waals surface area contributed by atoms with Crippen LogP contribution in [0.3, 0.4) is 0 Å². The first-order valence-electron chi connectivity index (χ1n) is 36.2. The van der Waals surface area contributed by atoms with Gasteiger partial charge in [0.2, 0.25) is 53.2 Å². The van der Waals surface area contributed by atoms with E-state index in [1.807, 2.05) is 6.92 Å². The Labute approximate surface area is 626 Å². The van der Waals surface area contributed by atoms with Crippen LogP contribution in [0.1, 0.15) is 105 Å². The standard InChI is InChI=1S/C69H98N22O18/c1-4-105-21-22-107-25-26-109-28-27-108-24-23-106-20-17-74-63(99)50-9-5-6-18-90-37-48(88-89-90)32-52(83-66(102)54-10-8-19-91(54)56(95)11-7-16-73-61(97)43-12-14-45(15-13-43)75-35-49-36-76-59-58(80-49)68(104)87-69(70)86-59)64(100)82-51(31-47-34-72-40-78-47)65(101)84-53(38-92)55(94)30-44(29-46-33-71-39-77-46)62(98)85-57(42(3)93)67(103)79-41(2)60(96)81-50/h12-15,33-34,36-37,39-42,44,50-54,57,75,92-93H,4-11,16-32,35,38H2,1-3H3,(H,71,77)(H,72,78)(H,73,97)(H,74,99)(H,79,103)(H,81,96)(H,82,100)(H,83,102)(H,84,101)(H,85,98)(H3,70,76,86,87,104)/t41-,42+,44+,50+,51-,52+,53-,54-,57-/m1/s1. The Kier molecular flexibility index (Phi) is 33.8. The Morgan fingerprint density at radius 1 is 0.697 bits per heavy atom. The number of amides is 9. The fraction of sp³-hybridized carbons (Fsp3) is 0.565. The lowest BCUT2D eigenvalue weighted by Gasteiger charge is -2.28. The second-order valence-electron chi connectivity index (χ2n) is 25.9. The van der Waals surface area contributed by atoms with Gasteiger partial charge in [-0.25, -0.2) is 19.9 Å². The summed E-state index contributed by atoms with van der Waals surface area (Å²) in [6.45, 7) is 7.85. The van der Waals surface area contributed by atoms with E-state index in [4.69, 9.17) is 29.4 Å². The highest BCUT2D eigenvalue weighted by Crippen LogP contribution is 2.21. The normalized spacial score (nSPS) is 20.6. The zero-order valence-corrected chi connectivity index (χ0v) is 61.1. The van der Waals surface area contributed by atoms with Crippen LogP contribution >= 0.6 is 0 Å². The number of benzene rings is 1. The lowest BCUT2D eigenvalue weighted by molar-refractivity contribution is -0.140. The molecule has 9 amide bonds. The number of aromatic amines is 3. The third kappa shape index (κ3) is 27.1. The molecule has 0 saturated carbocycles. The van der Waals surface area contributed by atoms with E-state index in [0.717, 1.165) is 0 Å². The summed E-state index contributed by atoms with van der Waals surface area (Å²) in [5.41, 5.74) is 7.56. The molecule has 8 rings (SSSR count). The summed E-state index contributed by atoms with van der Waals surface area (Å²) in [4.78, 5) is 184. The molecule has 40 heteroatoms. The molecule has 2 aliphatic heterocycles. The summed E-state index contributed by atoms with van der Waals surface area (Å²) in [6, 6.07) is -3.46. The van der Waals surface area contributed by atoms with E-state index in [1.165, 1.54) is 60.9 Å². The molecule has 2 bridgehead atoms. The number of rotatable bonds is 33. The third-order valence-corrected chi connectivity index (χ3v) is 17.6. The van der Waals surface area contributed by atoms with Crippen LogP contribution in [-0.4, -0.2) is 270 Å². The molecule has 0 radical (unpaired) electrons. The first-order chi connectivity index (χ1) is 52.7. The van der Waals surface area contributed by atoms with Gasteiger partial charge in [-0.3, -0.25) is 62.4 Å². The number of ether oxygens (including phenoxy) is 5. The minimum absolute atomic E-state index is 0.0311. The molecule has 1 saturated heterocycles. The monoisotopic (exact) mass is 1520 g/mol. The van der Waals surface area contributed by atoms with Gasteiger partial charge >= 0.3 is 0 Å². The molecule has 1 aromatic carbocycles. The fourth-order valence-electron chi connectivity index (χ4n) is 11.8. The highest BCUT2D eigenvalue weighted by molar-refractivity contribution is 5.99. The van der Waals surface area contributed by atoms with Gasteiger partial charge in [0, 0.05) is 106 Å². The number of nitrogens with two attached hydrogens (primary N) is 1. The maximum Gasteiger partial charge on any atom is 0.280 e. The molecular weight excluding hydrogens is 1420 g/mol. The van der Waals surface area contributed by atoms with Crippen molar-refractivity contribution in [3.63, 3.8) is 0 Å². The Morgan fingerprint density at radius 2 is 1.38 bits per heavy atom. The van der Waals surface area contributed by atoms with Gasteiger partial charge in [-0.15, -0.1) is 5.10 Å². The SMILES string of the molecule is CCOCCOCCOCCOCCOCCNC(=O)[C@@H]1CCCCn2cc(nn2)C[C@H](NC(=O)[C@H]2CCCN2C(=O)CCCNC(=O)c2ccc(NCc3cnc4nc(N)[nH]c(=O)c4n3)cc2)C(=O)N[C@H](Cc2cnc[nH]2)C(=O)N[C@H](CO)C(=O)C[C@H](Cc2cnc[nH]2)C(=O)N[C@H]([C@H](C)O)C(=O)N[C@H](C)C(=O)N1. The molecule has 592 valence electrons. The van der Waals surface area contributed by atoms with Gasteiger partial charge in [-0.1, -0.05) is 5.21 Å². The maximum absolute atomic E-state index is 14.9. The predicted octanol–water partition coefficient (Wildman–Crippen LogP) is -3.55. The smallest absolute Gasteiger partial charge is 0.280 e. The van der Waals surface area contributed by atoms with Gasteiger partial charge in [0.15, 0.2) is 16.9 Å². The number of carbonyl (C=O) groups is 10. The molecule has 9 atom stereocenters. The number of anilines is 2. The van der Waals surface area contributed by atoms with Crippen molar-refractivity contribution in [3.05, 3.63) is 100 Å². The summed E-state index contributed by atoms with van der Waals surface area (Å²) < 4.78 is 28.9. The van der Waals surface area contributed by atoms with E-state index >= 15 is 0 Å². The largest absolute Gasteiger partial charge is 0.394 e. The summed E-state index contributed by atoms with van der Waals surface area (Å²) in [7, 11) is 0. The predicted molar refractivity (Wildman–Crippen MR) is 387 cm³/mol. The Hall–Kier alpha value is -10.8. The van der Waals surface area contributed by atoms with Gasteiger partial charge < -0.3 is 102 Å². The molecule has 5 aromatic heterocycles. The Bertz CT molecular complexity index is 3990. The van der Waals surface area contributed by atoms with Crippen LogP contribution in [-0.2, 0) is 99.2 Å². The van der Waals surface area contributed by atoms with E-state index in [-0.39, 0.29) is 120 Å². The maximum atomic E-state index is 14.9. The van der Waals surface area contributed by atoms with Crippen molar-refractivity contribution in [2.75, 3.05) is 103 Å². The lowest BCUT2D eigenvalue weighted by atomic mass is 9.92. The van der Waals surface area contributed by atoms with Crippen molar-refractivity contribution in [2.24, 2.45) is 5.92 Å². The highest BCUT2D eigenvalue weighted by atomic mass is 16.6. The third-order valence-electron chi connectivity index (χ3n) is 17.6. The second-order valence-corrected chi connectivity index (χ2v) is 25.9. The van der Waals surface area contributed by atoms with Crippen molar-refractivity contribution in [2.45, 2.75) is 153 Å². The summed E-state index contributed by atoms with van der Waals surface area (Å²) in [6.07, 6.45) is 6.89. The second kappa shape index (κ2) is 43.9. The van der Waals surface area contributed by atoms with Crippen molar-refractivity contribution >= 4 is 81.7 Å². The molecule has 40 nitrogen and oxygen atoms in total. The number of aliphatic hydroxyl groups excluding tert-OH is 2. The average molecular weight is 1520 g/mol. The van der Waals surface area contributed by atoms with Crippen LogP contribution in [0.4, 0.5) is 11.6 Å². The molecule has 0 spiro atoms. The number of carbonyl (C=O) groups excluding carboxylic acids is 10. The Balaban J connectivity index is 0.937. The quantitative estimate of drug-likeness (QED) is 0.0177. The van der Waals surface area contributed by atoms with E-state index in [0.29, 0.717) is 93.8 Å². The van der Waals surface area contributed by atoms with Crippen molar-refractivity contribution in [1.82, 2.24) is 102 Å². The van der Waals surface area contributed by atoms with Gasteiger partial charge in [-0.2, -0.15) is 4.98 Å². The van der Waals surface area contributed by atoms with E-state index in [2.05, 4.69) is 98.0 Å². The van der Waals surface area contributed by atoms with E-state index in [9.17, 15) is 63.0 Å². The topological polar surface area (TPSA) is 554 Å². The number of ketones is 1. The minimum atomic E-state index is -1.71. The zero-order chi connectivity index (χ0) is 78.0. The number of nitrogens with one attached hydrogen (secondary N) is 12.